The highest BCUT2D eigenvalue weighted by atomic mass is 35.5. The number of anilines is 2. The van der Waals surface area contributed by atoms with Crippen LogP contribution in [0.1, 0.15) is 12.8 Å². The normalized spacial score (nSPS) is 19.6. The Kier molecular flexibility index (Phi) is 5.32. The van der Waals surface area contributed by atoms with E-state index in [0.29, 0.717) is 5.69 Å². The molecule has 1 aliphatic heterocycles. The second-order valence-corrected chi connectivity index (χ2v) is 6.72. The van der Waals surface area contributed by atoms with Crippen LogP contribution in [0.25, 0.3) is 0 Å². The maximum atomic E-state index is 13.1. The van der Waals surface area contributed by atoms with Gasteiger partial charge in [0.1, 0.15) is 5.82 Å². The molecule has 1 aliphatic rings. The molecule has 0 radical (unpaired) electrons. The van der Waals surface area contributed by atoms with E-state index in [2.05, 4.69) is 20.5 Å². The minimum atomic E-state index is -0.933. The molecule has 1 saturated heterocycles. The van der Waals surface area contributed by atoms with E-state index in [0.717, 1.165) is 31.1 Å². The number of halogens is 2. The summed E-state index contributed by atoms with van der Waals surface area (Å²) < 4.78 is 13.1. The van der Waals surface area contributed by atoms with E-state index in [9.17, 15) is 9.50 Å². The lowest BCUT2D eigenvalue weighted by atomic mass is 10.1. The zero-order valence-corrected chi connectivity index (χ0v) is 13.9. The lowest BCUT2D eigenvalue weighted by Gasteiger charge is -2.34. The number of aliphatic hydroxyl groups is 1. The second kappa shape index (κ2) is 7.44. The van der Waals surface area contributed by atoms with E-state index in [1.54, 1.807) is 17.5 Å². The number of aromatic nitrogens is 1. The number of nitrogens with one attached hydrogen (secondary N) is 2. The van der Waals surface area contributed by atoms with E-state index < -0.39 is 12.2 Å². The third-order valence-corrected chi connectivity index (χ3v) is 4.85. The third kappa shape index (κ3) is 4.32. The van der Waals surface area contributed by atoms with Gasteiger partial charge in [0.2, 0.25) is 0 Å². The highest BCUT2D eigenvalue weighted by molar-refractivity contribution is 7.13. The lowest BCUT2D eigenvalue weighted by molar-refractivity contribution is 0.144. The third-order valence-electron chi connectivity index (χ3n) is 3.73. The fourth-order valence-corrected chi connectivity index (χ4v) is 3.53. The number of hydrogen-bond donors (Lipinski definition) is 3. The molecule has 2 atom stereocenters. The quantitative estimate of drug-likeness (QED) is 0.719. The number of aliphatic hydroxyl groups excluding tert-OH is 1. The Morgan fingerprint density at radius 1 is 1.48 bits per heavy atom. The average Bonchev–Trinajstić information content (AvgIpc) is 3.05. The first-order valence-corrected chi connectivity index (χ1v) is 8.68. The van der Waals surface area contributed by atoms with Crippen molar-refractivity contribution in [1.29, 1.82) is 0 Å². The van der Waals surface area contributed by atoms with Gasteiger partial charge >= 0.3 is 0 Å². The number of rotatable bonds is 5. The van der Waals surface area contributed by atoms with Gasteiger partial charge in [-0.2, -0.15) is 0 Å². The van der Waals surface area contributed by atoms with Crippen LogP contribution in [0.4, 0.5) is 15.2 Å². The van der Waals surface area contributed by atoms with Crippen LogP contribution in [-0.2, 0) is 0 Å². The van der Waals surface area contributed by atoms with E-state index in [4.69, 9.17) is 11.6 Å². The van der Waals surface area contributed by atoms with Gasteiger partial charge in [0, 0.05) is 36.4 Å². The van der Waals surface area contributed by atoms with Gasteiger partial charge in [-0.1, -0.05) is 11.6 Å². The van der Waals surface area contributed by atoms with Crippen LogP contribution in [0.5, 0.6) is 0 Å². The molecule has 2 heterocycles. The van der Waals surface area contributed by atoms with E-state index in [1.807, 2.05) is 5.38 Å². The highest BCUT2D eigenvalue weighted by Crippen LogP contribution is 2.23. The molecule has 124 valence electrons. The van der Waals surface area contributed by atoms with Crippen molar-refractivity contribution < 1.29 is 9.50 Å². The topological polar surface area (TPSA) is 60.4 Å². The zero-order chi connectivity index (χ0) is 16.2. The minimum Gasteiger partial charge on any atom is -0.361 e. The summed E-state index contributed by atoms with van der Waals surface area (Å²) in [5.74, 6) is -0.481. The standard InChI is InChI=1S/C15H18ClFN4OS/c16-12-8-10(3-4-13(12)17)19-14(22)20-11-2-1-6-21(9-11)15-18-5-7-23-15/h3-5,7-8,11,14,19-20,22H,1-2,6,9H2. The molecular weight excluding hydrogens is 339 g/mol. The van der Waals surface area contributed by atoms with Crippen molar-refractivity contribution in [2.45, 2.75) is 25.2 Å². The van der Waals surface area contributed by atoms with Gasteiger partial charge in [-0.15, -0.1) is 11.3 Å². The molecule has 3 rings (SSSR count). The molecule has 1 fully saturated rings. The number of thiazole rings is 1. The summed E-state index contributed by atoms with van der Waals surface area (Å²) >= 11 is 7.35. The predicted octanol–water partition coefficient (Wildman–Crippen LogP) is 2.88. The first kappa shape index (κ1) is 16.4. The van der Waals surface area contributed by atoms with Crippen LogP contribution in [0, 0.1) is 5.82 Å². The molecule has 0 amide bonds. The highest BCUT2D eigenvalue weighted by Gasteiger charge is 2.23. The fraction of sp³-hybridized carbons (Fsp3) is 0.400. The molecule has 8 heteroatoms. The van der Waals surface area contributed by atoms with Gasteiger partial charge in [0.25, 0.3) is 0 Å². The molecule has 5 nitrogen and oxygen atoms in total. The van der Waals surface area contributed by atoms with Gasteiger partial charge in [-0.3, -0.25) is 5.32 Å². The molecule has 0 spiro atoms. The number of nitrogens with zero attached hydrogens (tertiary/aromatic N) is 2. The van der Waals surface area contributed by atoms with Crippen LogP contribution in [0.3, 0.4) is 0 Å². The van der Waals surface area contributed by atoms with E-state index >= 15 is 0 Å². The molecule has 1 aromatic carbocycles. The zero-order valence-electron chi connectivity index (χ0n) is 12.4. The summed E-state index contributed by atoms with van der Waals surface area (Å²) in [7, 11) is 0. The van der Waals surface area contributed by atoms with E-state index in [-0.39, 0.29) is 11.1 Å². The van der Waals surface area contributed by atoms with Gasteiger partial charge < -0.3 is 15.3 Å². The lowest BCUT2D eigenvalue weighted by Crippen LogP contribution is -2.51. The molecule has 3 N–H and O–H groups in total. The Morgan fingerprint density at radius 2 is 2.35 bits per heavy atom. The maximum absolute atomic E-state index is 13.1. The largest absolute Gasteiger partial charge is 0.361 e. The van der Waals surface area contributed by atoms with Crippen molar-refractivity contribution in [2.75, 3.05) is 23.3 Å². The van der Waals surface area contributed by atoms with Crippen LogP contribution < -0.4 is 15.5 Å². The summed E-state index contributed by atoms with van der Waals surface area (Å²) in [5, 5.41) is 19.1. The van der Waals surface area contributed by atoms with Crippen LogP contribution in [0.2, 0.25) is 5.02 Å². The molecule has 2 unspecified atom stereocenters. The summed E-state index contributed by atoms with van der Waals surface area (Å²) in [4.78, 5) is 6.54. The summed E-state index contributed by atoms with van der Waals surface area (Å²) in [5.41, 5.74) is 0.559. The Bertz CT molecular complexity index is 642. The Morgan fingerprint density at radius 3 is 3.09 bits per heavy atom. The van der Waals surface area contributed by atoms with Crippen molar-refractivity contribution in [3.05, 3.63) is 40.6 Å². The summed E-state index contributed by atoms with van der Waals surface area (Å²) in [6.07, 6.45) is 2.88. The van der Waals surface area contributed by atoms with E-state index in [1.165, 1.54) is 18.2 Å². The Balaban J connectivity index is 1.54. The number of hydrogen-bond acceptors (Lipinski definition) is 6. The predicted molar refractivity (Wildman–Crippen MR) is 91.5 cm³/mol. The molecule has 0 saturated carbocycles. The molecule has 1 aromatic heterocycles. The smallest absolute Gasteiger partial charge is 0.185 e. The maximum Gasteiger partial charge on any atom is 0.185 e. The minimum absolute atomic E-state index is 0.0230. The molecule has 23 heavy (non-hydrogen) atoms. The Labute approximate surface area is 143 Å². The van der Waals surface area contributed by atoms with Crippen molar-refractivity contribution in [1.82, 2.24) is 10.3 Å². The van der Waals surface area contributed by atoms with Crippen molar-refractivity contribution in [3.8, 4) is 0 Å². The van der Waals surface area contributed by atoms with Crippen LogP contribution in [0.15, 0.2) is 29.8 Å². The first-order valence-electron chi connectivity index (χ1n) is 7.42. The monoisotopic (exact) mass is 356 g/mol. The molecule has 0 bridgehead atoms. The van der Waals surface area contributed by atoms with Gasteiger partial charge in [0.05, 0.1) is 5.02 Å². The molecule has 0 aliphatic carbocycles. The second-order valence-electron chi connectivity index (χ2n) is 5.44. The molecule has 2 aromatic rings. The van der Waals surface area contributed by atoms with Gasteiger partial charge in [-0.05, 0) is 31.0 Å². The van der Waals surface area contributed by atoms with Gasteiger partial charge in [0.15, 0.2) is 11.5 Å². The number of piperidine rings is 1. The van der Waals surface area contributed by atoms with Crippen molar-refractivity contribution >= 4 is 33.8 Å². The summed E-state index contributed by atoms with van der Waals surface area (Å²) in [6.45, 7) is 1.76. The van der Waals surface area contributed by atoms with Crippen LogP contribution in [-0.4, -0.2) is 35.6 Å². The number of benzene rings is 1. The van der Waals surface area contributed by atoms with Crippen molar-refractivity contribution in [3.63, 3.8) is 0 Å². The Hall–Kier alpha value is -1.41. The van der Waals surface area contributed by atoms with Crippen LogP contribution >= 0.6 is 22.9 Å². The summed E-state index contributed by atoms with van der Waals surface area (Å²) in [6, 6.07) is 4.40. The fourth-order valence-electron chi connectivity index (χ4n) is 2.67. The SMILES string of the molecule is OC(Nc1ccc(F)c(Cl)c1)NC1CCCN(c2nccs2)C1. The first-order chi connectivity index (χ1) is 11.1. The van der Waals surface area contributed by atoms with Crippen molar-refractivity contribution in [2.24, 2.45) is 0 Å². The van der Waals surface area contributed by atoms with Gasteiger partial charge in [-0.25, -0.2) is 9.37 Å². The average molecular weight is 357 g/mol. The molecular formula is C15H18ClFN4OS.